The first-order valence-corrected chi connectivity index (χ1v) is 8.71. The maximum atomic E-state index is 5.34. The van der Waals surface area contributed by atoms with Crippen LogP contribution in [0.3, 0.4) is 0 Å². The number of hydrogen-bond donors (Lipinski definition) is 0. The van der Waals surface area contributed by atoms with Gasteiger partial charge in [0.1, 0.15) is 0 Å². The molecule has 0 aliphatic rings. The van der Waals surface area contributed by atoms with E-state index in [9.17, 15) is 0 Å². The molecule has 0 unspecified atom stereocenters. The zero-order valence-corrected chi connectivity index (χ0v) is 12.5. The van der Waals surface area contributed by atoms with E-state index < -0.39 is 0 Å². The van der Waals surface area contributed by atoms with Crippen molar-refractivity contribution in [3.05, 3.63) is 70.8 Å². The first kappa shape index (κ1) is 13.5. The standard InChI is InChI=1S/C18H14As/c1-3-15-5-9-17(10-6-15)13-19-14-18-11-7-16(4-2)8-12-18/h1-2,5-12H,13-14H2. The summed E-state index contributed by atoms with van der Waals surface area (Å²) in [6, 6.07) is 16.6. The average Bonchev–Trinajstić information content (AvgIpc) is 2.49. The van der Waals surface area contributed by atoms with Gasteiger partial charge in [0.05, 0.1) is 0 Å². The van der Waals surface area contributed by atoms with Crippen molar-refractivity contribution in [3.8, 4) is 24.7 Å². The Morgan fingerprint density at radius 3 is 1.37 bits per heavy atom. The molecule has 2 rings (SSSR count). The molecule has 19 heavy (non-hydrogen) atoms. The molecular weight excluding hydrogens is 291 g/mol. The minimum absolute atomic E-state index is 0.282. The Morgan fingerprint density at radius 1 is 0.684 bits per heavy atom. The van der Waals surface area contributed by atoms with Gasteiger partial charge in [-0.25, -0.2) is 0 Å². The molecule has 0 aliphatic heterocycles. The first-order valence-electron chi connectivity index (χ1n) is 6.06. The van der Waals surface area contributed by atoms with Gasteiger partial charge in [-0.15, -0.1) is 0 Å². The average molecular weight is 305 g/mol. The molecule has 0 saturated heterocycles. The third kappa shape index (κ3) is 4.06. The molecule has 0 atom stereocenters. The number of terminal acetylenes is 2. The monoisotopic (exact) mass is 305 g/mol. The fourth-order valence-corrected chi connectivity index (χ4v) is 3.93. The van der Waals surface area contributed by atoms with Crippen molar-refractivity contribution < 1.29 is 0 Å². The second-order valence-corrected chi connectivity index (χ2v) is 6.49. The second-order valence-electron chi connectivity index (χ2n) is 4.22. The van der Waals surface area contributed by atoms with E-state index >= 15 is 0 Å². The van der Waals surface area contributed by atoms with Crippen LogP contribution in [0.15, 0.2) is 48.5 Å². The van der Waals surface area contributed by atoms with Gasteiger partial charge in [-0.3, -0.25) is 0 Å². The van der Waals surface area contributed by atoms with E-state index in [-0.39, 0.29) is 15.8 Å². The molecule has 0 saturated carbocycles. The predicted molar refractivity (Wildman–Crippen MR) is 81.9 cm³/mol. The summed E-state index contributed by atoms with van der Waals surface area (Å²) in [6.45, 7) is 0. The van der Waals surface area contributed by atoms with E-state index in [1.165, 1.54) is 11.1 Å². The van der Waals surface area contributed by atoms with Gasteiger partial charge in [0.15, 0.2) is 0 Å². The summed E-state index contributed by atoms with van der Waals surface area (Å²) in [7, 11) is 0. The molecule has 2 aromatic rings. The molecule has 1 heteroatoms. The van der Waals surface area contributed by atoms with Gasteiger partial charge in [0, 0.05) is 0 Å². The normalized spacial score (nSPS) is 9.58. The Labute approximate surface area is 121 Å². The summed E-state index contributed by atoms with van der Waals surface area (Å²) < 4.78 is 0. The van der Waals surface area contributed by atoms with Crippen LogP contribution >= 0.6 is 0 Å². The fourth-order valence-electron chi connectivity index (χ4n) is 1.73. The second kappa shape index (κ2) is 6.89. The molecule has 0 N–H and O–H groups in total. The van der Waals surface area contributed by atoms with Crippen LogP contribution in [0.1, 0.15) is 22.3 Å². The Balaban J connectivity index is 1.85. The number of rotatable bonds is 4. The van der Waals surface area contributed by atoms with Gasteiger partial charge in [-0.2, -0.15) is 0 Å². The maximum absolute atomic E-state index is 5.34. The van der Waals surface area contributed by atoms with Crippen LogP contribution in [0.2, 0.25) is 0 Å². The van der Waals surface area contributed by atoms with Crippen molar-refractivity contribution in [1.29, 1.82) is 0 Å². The fraction of sp³-hybridized carbons (Fsp3) is 0.111. The van der Waals surface area contributed by atoms with Crippen LogP contribution < -0.4 is 0 Å². The summed E-state index contributed by atoms with van der Waals surface area (Å²) in [5.41, 5.74) is 4.65. The van der Waals surface area contributed by atoms with Crippen molar-refractivity contribution >= 4 is 15.8 Å². The third-order valence-electron chi connectivity index (χ3n) is 2.83. The minimum atomic E-state index is 0.282. The van der Waals surface area contributed by atoms with Gasteiger partial charge >= 0.3 is 122 Å². The van der Waals surface area contributed by atoms with E-state index in [0.29, 0.717) is 0 Å². The number of hydrogen-bond acceptors (Lipinski definition) is 0. The summed E-state index contributed by atoms with van der Waals surface area (Å²) in [4.78, 5) is 0. The molecule has 0 nitrogen and oxygen atoms in total. The van der Waals surface area contributed by atoms with E-state index in [2.05, 4.69) is 36.1 Å². The molecule has 1 radical (unpaired) electrons. The summed E-state index contributed by atoms with van der Waals surface area (Å²) >= 11 is 0.282. The molecule has 0 aromatic heterocycles. The molecule has 0 spiro atoms. The Bertz CT molecular complexity index is 549. The quantitative estimate of drug-likeness (QED) is 0.601. The van der Waals surface area contributed by atoms with Crippen LogP contribution in [0.4, 0.5) is 0 Å². The molecule has 2 aromatic carbocycles. The summed E-state index contributed by atoms with van der Waals surface area (Å²) in [5.74, 6) is 5.28. The van der Waals surface area contributed by atoms with Gasteiger partial charge < -0.3 is 0 Å². The predicted octanol–water partition coefficient (Wildman–Crippen LogP) is 3.05. The van der Waals surface area contributed by atoms with Crippen molar-refractivity contribution in [2.24, 2.45) is 0 Å². The number of benzene rings is 2. The van der Waals surface area contributed by atoms with Crippen LogP contribution in [-0.2, 0) is 10.4 Å². The molecular formula is C18H14As. The molecule has 91 valence electrons. The van der Waals surface area contributed by atoms with Gasteiger partial charge in [-0.1, -0.05) is 0 Å². The van der Waals surface area contributed by atoms with Crippen molar-refractivity contribution in [1.82, 2.24) is 0 Å². The molecule has 0 aliphatic carbocycles. The van der Waals surface area contributed by atoms with Crippen LogP contribution in [0, 0.1) is 24.7 Å². The van der Waals surface area contributed by atoms with Crippen molar-refractivity contribution in [2.45, 2.75) is 10.4 Å². The summed E-state index contributed by atoms with van der Waals surface area (Å²) in [5, 5.41) is 2.33. The molecule has 0 bridgehead atoms. The zero-order chi connectivity index (χ0) is 13.5. The SMILES string of the molecule is C#Cc1ccc(C[As]Cc2ccc(C#C)cc2)cc1. The molecule has 0 fully saturated rings. The zero-order valence-electron chi connectivity index (χ0n) is 10.6. The van der Waals surface area contributed by atoms with Gasteiger partial charge in [0.25, 0.3) is 0 Å². The van der Waals surface area contributed by atoms with Crippen LogP contribution in [0.5, 0.6) is 0 Å². The first-order chi connectivity index (χ1) is 9.31. The summed E-state index contributed by atoms with van der Waals surface area (Å²) in [6.07, 6.45) is 10.7. The van der Waals surface area contributed by atoms with E-state index in [1.54, 1.807) is 0 Å². The Morgan fingerprint density at radius 2 is 1.05 bits per heavy atom. The van der Waals surface area contributed by atoms with Crippen molar-refractivity contribution in [3.63, 3.8) is 0 Å². The Kier molecular flexibility index (Phi) is 4.92. The van der Waals surface area contributed by atoms with Gasteiger partial charge in [-0.05, 0) is 0 Å². The molecule has 0 amide bonds. The van der Waals surface area contributed by atoms with Crippen LogP contribution in [-0.4, -0.2) is 15.8 Å². The topological polar surface area (TPSA) is 0 Å². The van der Waals surface area contributed by atoms with E-state index in [0.717, 1.165) is 21.5 Å². The van der Waals surface area contributed by atoms with Crippen LogP contribution in [0.25, 0.3) is 0 Å². The Hall–Kier alpha value is -1.88. The van der Waals surface area contributed by atoms with E-state index in [4.69, 9.17) is 12.8 Å². The third-order valence-corrected chi connectivity index (χ3v) is 5.30. The molecule has 0 heterocycles. The van der Waals surface area contributed by atoms with Gasteiger partial charge in [0.2, 0.25) is 0 Å². The van der Waals surface area contributed by atoms with Crippen molar-refractivity contribution in [2.75, 3.05) is 0 Å². The van der Waals surface area contributed by atoms with E-state index in [1.807, 2.05) is 24.3 Å².